The van der Waals surface area contributed by atoms with Crippen LogP contribution < -0.4 is 16.4 Å². The molecule has 0 aliphatic heterocycles. The van der Waals surface area contributed by atoms with Gasteiger partial charge in [-0.3, -0.25) is 9.59 Å². The second kappa shape index (κ2) is 5.70. The second-order valence-electron chi connectivity index (χ2n) is 4.01. The lowest BCUT2D eigenvalue weighted by atomic mass is 10.0. The summed E-state index contributed by atoms with van der Waals surface area (Å²) in [7, 11) is 0. The maximum atomic E-state index is 11.4. The molecule has 86 valence electrons. The molecule has 0 saturated heterocycles. The third-order valence-corrected chi connectivity index (χ3v) is 2.81. The van der Waals surface area contributed by atoms with Crippen molar-refractivity contribution in [2.75, 3.05) is 13.1 Å². The van der Waals surface area contributed by atoms with E-state index < -0.39 is 0 Å². The molecule has 1 fully saturated rings. The summed E-state index contributed by atoms with van der Waals surface area (Å²) in [5, 5.41) is 5.37. The molecule has 0 aromatic carbocycles. The number of amides is 2. The quantitative estimate of drug-likeness (QED) is 0.581. The van der Waals surface area contributed by atoms with Crippen molar-refractivity contribution in [3.05, 3.63) is 0 Å². The molecule has 0 radical (unpaired) electrons. The Morgan fingerprint density at radius 3 is 2.73 bits per heavy atom. The summed E-state index contributed by atoms with van der Waals surface area (Å²) in [5.74, 6) is 0.0776. The van der Waals surface area contributed by atoms with E-state index in [4.69, 9.17) is 5.73 Å². The van der Waals surface area contributed by atoms with Crippen molar-refractivity contribution in [2.24, 2.45) is 11.7 Å². The van der Waals surface area contributed by atoms with Gasteiger partial charge in [0.15, 0.2) is 0 Å². The lowest BCUT2D eigenvalue weighted by molar-refractivity contribution is -0.125. The van der Waals surface area contributed by atoms with E-state index in [0.29, 0.717) is 12.5 Å². The number of carbonyl (C=O) groups is 2. The van der Waals surface area contributed by atoms with E-state index in [1.807, 2.05) is 0 Å². The fourth-order valence-electron chi connectivity index (χ4n) is 1.97. The van der Waals surface area contributed by atoms with Gasteiger partial charge in [0.25, 0.3) is 0 Å². The Labute approximate surface area is 89.8 Å². The molecular formula is C10H19N3O2. The third-order valence-electron chi connectivity index (χ3n) is 2.81. The highest BCUT2D eigenvalue weighted by atomic mass is 16.2. The van der Waals surface area contributed by atoms with Crippen LogP contribution >= 0.6 is 0 Å². The maximum Gasteiger partial charge on any atom is 0.239 e. The Morgan fingerprint density at radius 2 is 2.13 bits per heavy atom. The van der Waals surface area contributed by atoms with Crippen LogP contribution in [0.25, 0.3) is 0 Å². The predicted octanol–water partition coefficient (Wildman–Crippen LogP) is -0.634. The summed E-state index contributed by atoms with van der Waals surface area (Å²) in [6, 6.07) is 0.191. The van der Waals surface area contributed by atoms with E-state index in [-0.39, 0.29) is 24.4 Å². The number of nitrogens with two attached hydrogens (primary N) is 1. The maximum absolute atomic E-state index is 11.4. The molecule has 4 N–H and O–H groups in total. The number of rotatable bonds is 4. The first-order chi connectivity index (χ1) is 7.13. The van der Waals surface area contributed by atoms with E-state index in [1.165, 1.54) is 6.92 Å². The topological polar surface area (TPSA) is 84.2 Å². The van der Waals surface area contributed by atoms with E-state index in [2.05, 4.69) is 10.6 Å². The van der Waals surface area contributed by atoms with Gasteiger partial charge in [-0.15, -0.1) is 0 Å². The zero-order valence-corrected chi connectivity index (χ0v) is 9.08. The number of hydrogen-bond donors (Lipinski definition) is 3. The van der Waals surface area contributed by atoms with Crippen molar-refractivity contribution in [1.29, 1.82) is 0 Å². The lowest BCUT2D eigenvalue weighted by Crippen LogP contribution is -2.44. The first kappa shape index (κ1) is 12.0. The fraction of sp³-hybridized carbons (Fsp3) is 0.800. The van der Waals surface area contributed by atoms with Gasteiger partial charge in [0.05, 0.1) is 6.54 Å². The molecule has 0 bridgehead atoms. The predicted molar refractivity (Wildman–Crippen MR) is 57.0 cm³/mol. The van der Waals surface area contributed by atoms with Gasteiger partial charge in [-0.05, 0) is 25.3 Å². The first-order valence-corrected chi connectivity index (χ1v) is 5.37. The molecule has 0 heterocycles. The molecule has 0 aromatic heterocycles. The molecule has 0 spiro atoms. The van der Waals surface area contributed by atoms with Crippen LogP contribution in [0.15, 0.2) is 0 Å². The summed E-state index contributed by atoms with van der Waals surface area (Å²) in [6.07, 6.45) is 3.20. The fourth-order valence-corrected chi connectivity index (χ4v) is 1.97. The van der Waals surface area contributed by atoms with E-state index in [1.54, 1.807) is 0 Å². The summed E-state index contributed by atoms with van der Waals surface area (Å²) in [4.78, 5) is 22.0. The van der Waals surface area contributed by atoms with Gasteiger partial charge >= 0.3 is 0 Å². The van der Waals surface area contributed by atoms with E-state index in [9.17, 15) is 9.59 Å². The van der Waals surface area contributed by atoms with E-state index in [0.717, 1.165) is 19.3 Å². The smallest absolute Gasteiger partial charge is 0.239 e. The van der Waals surface area contributed by atoms with Gasteiger partial charge in [-0.2, -0.15) is 0 Å². The Bertz CT molecular complexity index is 243. The molecule has 5 nitrogen and oxygen atoms in total. The summed E-state index contributed by atoms with van der Waals surface area (Å²) >= 11 is 0. The number of carbonyl (C=O) groups excluding carboxylic acids is 2. The minimum Gasteiger partial charge on any atom is -0.352 e. The molecule has 15 heavy (non-hydrogen) atoms. The van der Waals surface area contributed by atoms with E-state index >= 15 is 0 Å². The zero-order valence-electron chi connectivity index (χ0n) is 9.08. The summed E-state index contributed by atoms with van der Waals surface area (Å²) < 4.78 is 0. The van der Waals surface area contributed by atoms with Crippen LogP contribution in [0.5, 0.6) is 0 Å². The summed E-state index contributed by atoms with van der Waals surface area (Å²) in [6.45, 7) is 2.07. The normalized spacial score (nSPS) is 24.9. The van der Waals surface area contributed by atoms with Crippen LogP contribution in [-0.2, 0) is 9.59 Å². The standard InChI is InChI=1S/C10H19N3O2/c1-7(14)12-6-10(15)13-9-4-2-3-8(9)5-11/h8-9H,2-6,11H2,1H3,(H,12,14)(H,13,15). The Balaban J connectivity index is 2.27. The molecular weight excluding hydrogens is 194 g/mol. The van der Waals surface area contributed by atoms with Crippen LogP contribution in [0.4, 0.5) is 0 Å². The number of hydrogen-bond acceptors (Lipinski definition) is 3. The molecule has 2 unspecified atom stereocenters. The average Bonchev–Trinajstić information content (AvgIpc) is 2.62. The van der Waals surface area contributed by atoms with Crippen molar-refractivity contribution >= 4 is 11.8 Å². The van der Waals surface area contributed by atoms with Crippen molar-refractivity contribution in [1.82, 2.24) is 10.6 Å². The van der Waals surface area contributed by atoms with Crippen molar-refractivity contribution < 1.29 is 9.59 Å². The molecule has 1 rings (SSSR count). The monoisotopic (exact) mass is 213 g/mol. The van der Waals surface area contributed by atoms with Gasteiger partial charge in [0, 0.05) is 13.0 Å². The van der Waals surface area contributed by atoms with Crippen molar-refractivity contribution in [3.63, 3.8) is 0 Å². The van der Waals surface area contributed by atoms with Crippen molar-refractivity contribution in [3.8, 4) is 0 Å². The average molecular weight is 213 g/mol. The van der Waals surface area contributed by atoms with Gasteiger partial charge < -0.3 is 16.4 Å². The molecule has 0 aromatic rings. The van der Waals surface area contributed by atoms with Crippen LogP contribution in [0, 0.1) is 5.92 Å². The van der Waals surface area contributed by atoms with Gasteiger partial charge in [-0.25, -0.2) is 0 Å². The van der Waals surface area contributed by atoms with Gasteiger partial charge in [-0.1, -0.05) is 6.42 Å². The minimum atomic E-state index is -0.188. The summed E-state index contributed by atoms with van der Waals surface area (Å²) in [5.41, 5.74) is 5.60. The SMILES string of the molecule is CC(=O)NCC(=O)NC1CCCC1CN. The molecule has 5 heteroatoms. The van der Waals surface area contributed by atoms with Crippen molar-refractivity contribution in [2.45, 2.75) is 32.2 Å². The molecule has 1 aliphatic carbocycles. The van der Waals surface area contributed by atoms with Crippen LogP contribution in [0.1, 0.15) is 26.2 Å². The van der Waals surface area contributed by atoms with Gasteiger partial charge in [0.1, 0.15) is 0 Å². The van der Waals surface area contributed by atoms with Crippen LogP contribution in [0.2, 0.25) is 0 Å². The molecule has 2 amide bonds. The molecule has 1 aliphatic rings. The van der Waals surface area contributed by atoms with Crippen LogP contribution in [0.3, 0.4) is 0 Å². The third kappa shape index (κ3) is 3.87. The Hall–Kier alpha value is -1.10. The Kier molecular flexibility index (Phi) is 4.55. The number of nitrogens with one attached hydrogen (secondary N) is 2. The highest BCUT2D eigenvalue weighted by Gasteiger charge is 2.26. The minimum absolute atomic E-state index is 0.0587. The van der Waals surface area contributed by atoms with Gasteiger partial charge in [0.2, 0.25) is 11.8 Å². The first-order valence-electron chi connectivity index (χ1n) is 5.37. The zero-order chi connectivity index (χ0) is 11.3. The largest absolute Gasteiger partial charge is 0.352 e. The lowest BCUT2D eigenvalue weighted by Gasteiger charge is -2.19. The second-order valence-corrected chi connectivity index (χ2v) is 4.01. The highest BCUT2D eigenvalue weighted by Crippen LogP contribution is 2.24. The molecule has 2 atom stereocenters. The van der Waals surface area contributed by atoms with Crippen LogP contribution in [-0.4, -0.2) is 30.9 Å². The Morgan fingerprint density at radius 1 is 1.40 bits per heavy atom. The molecule has 1 saturated carbocycles. The highest BCUT2D eigenvalue weighted by molar-refractivity contribution is 5.83.